The lowest BCUT2D eigenvalue weighted by Crippen LogP contribution is -2.38. The van der Waals surface area contributed by atoms with E-state index >= 15 is 0 Å². The molecule has 1 fully saturated rings. The lowest BCUT2D eigenvalue weighted by Gasteiger charge is -2.22. The third-order valence-corrected chi connectivity index (χ3v) is 3.73. The van der Waals surface area contributed by atoms with Crippen molar-refractivity contribution in [1.82, 2.24) is 5.32 Å². The number of ether oxygens (including phenoxy) is 1. The molecule has 1 aromatic rings. The summed E-state index contributed by atoms with van der Waals surface area (Å²) < 4.78 is 41.1. The van der Waals surface area contributed by atoms with Gasteiger partial charge in [-0.25, -0.2) is 0 Å². The van der Waals surface area contributed by atoms with Crippen molar-refractivity contribution in [2.45, 2.75) is 57.2 Å². The summed E-state index contributed by atoms with van der Waals surface area (Å²) in [6.07, 6.45) is -0.464. The molecule has 6 heteroatoms. The van der Waals surface area contributed by atoms with Gasteiger partial charge in [0, 0.05) is 18.2 Å². The largest absolute Gasteiger partial charge is 0.573 e. The van der Waals surface area contributed by atoms with E-state index in [-0.39, 0.29) is 18.3 Å². The zero-order valence-electron chi connectivity index (χ0n) is 11.7. The van der Waals surface area contributed by atoms with Crippen LogP contribution in [0.3, 0.4) is 0 Å². The molecule has 0 radical (unpaired) electrons. The standard InChI is InChI=1S/C15H20F3NO2/c16-15(17,18)21-14-9-5-4-6-11(14)10-19-12-7-2-1-3-8-13(12)20/h4-6,9,12-13,19-20H,1-3,7-8,10H2. The van der Waals surface area contributed by atoms with Crippen LogP contribution in [0.15, 0.2) is 24.3 Å². The number of para-hydroxylation sites is 1. The van der Waals surface area contributed by atoms with Gasteiger partial charge < -0.3 is 15.2 Å². The highest BCUT2D eigenvalue weighted by molar-refractivity contribution is 5.33. The van der Waals surface area contributed by atoms with Crippen LogP contribution in [-0.2, 0) is 6.54 Å². The number of rotatable bonds is 4. The summed E-state index contributed by atoms with van der Waals surface area (Å²) in [6, 6.07) is 5.99. The summed E-state index contributed by atoms with van der Waals surface area (Å²) in [5, 5.41) is 13.2. The maximum Gasteiger partial charge on any atom is 0.573 e. The fourth-order valence-electron chi connectivity index (χ4n) is 2.64. The Hall–Kier alpha value is -1.27. The van der Waals surface area contributed by atoms with Crippen molar-refractivity contribution < 1.29 is 23.0 Å². The molecule has 0 spiro atoms. The molecule has 1 aliphatic carbocycles. The minimum absolute atomic E-state index is 0.0774. The van der Waals surface area contributed by atoms with Crippen molar-refractivity contribution in [2.75, 3.05) is 0 Å². The lowest BCUT2D eigenvalue weighted by atomic mass is 10.1. The van der Waals surface area contributed by atoms with E-state index in [1.807, 2.05) is 0 Å². The maximum absolute atomic E-state index is 12.3. The molecule has 2 unspecified atom stereocenters. The monoisotopic (exact) mass is 303 g/mol. The van der Waals surface area contributed by atoms with Crippen LogP contribution in [0, 0.1) is 0 Å². The second kappa shape index (κ2) is 7.13. The first kappa shape index (κ1) is 16.1. The molecule has 2 atom stereocenters. The number of hydrogen-bond acceptors (Lipinski definition) is 3. The molecule has 0 aromatic heterocycles. The van der Waals surface area contributed by atoms with E-state index in [9.17, 15) is 18.3 Å². The highest BCUT2D eigenvalue weighted by Gasteiger charge is 2.32. The Kier molecular flexibility index (Phi) is 5.47. The van der Waals surface area contributed by atoms with E-state index in [4.69, 9.17) is 0 Å². The topological polar surface area (TPSA) is 41.5 Å². The van der Waals surface area contributed by atoms with Gasteiger partial charge in [-0.3, -0.25) is 0 Å². The van der Waals surface area contributed by atoms with Gasteiger partial charge in [0.05, 0.1) is 6.10 Å². The van der Waals surface area contributed by atoms with E-state index in [0.717, 1.165) is 32.1 Å². The summed E-state index contributed by atoms with van der Waals surface area (Å²) in [6.45, 7) is 0.244. The van der Waals surface area contributed by atoms with Crippen LogP contribution in [-0.4, -0.2) is 23.6 Å². The number of hydrogen-bond donors (Lipinski definition) is 2. The number of alkyl halides is 3. The van der Waals surface area contributed by atoms with Gasteiger partial charge in [0.2, 0.25) is 0 Å². The molecule has 21 heavy (non-hydrogen) atoms. The number of benzene rings is 1. The van der Waals surface area contributed by atoms with Crippen LogP contribution < -0.4 is 10.1 Å². The SMILES string of the molecule is OC1CCCCCC1NCc1ccccc1OC(F)(F)F. The van der Waals surface area contributed by atoms with Gasteiger partial charge in [-0.05, 0) is 18.9 Å². The molecule has 0 aliphatic heterocycles. The van der Waals surface area contributed by atoms with Crippen LogP contribution in [0.1, 0.15) is 37.7 Å². The van der Waals surface area contributed by atoms with Gasteiger partial charge in [0.1, 0.15) is 5.75 Å². The summed E-state index contributed by atoms with van der Waals surface area (Å²) in [4.78, 5) is 0. The van der Waals surface area contributed by atoms with Gasteiger partial charge in [-0.1, -0.05) is 37.5 Å². The summed E-state index contributed by atoms with van der Waals surface area (Å²) in [5.74, 6) is -0.194. The van der Waals surface area contributed by atoms with Crippen LogP contribution in [0.4, 0.5) is 13.2 Å². The highest BCUT2D eigenvalue weighted by atomic mass is 19.4. The molecule has 1 saturated carbocycles. The number of halogens is 3. The predicted molar refractivity (Wildman–Crippen MR) is 72.8 cm³/mol. The van der Waals surface area contributed by atoms with Crippen LogP contribution in [0.25, 0.3) is 0 Å². The van der Waals surface area contributed by atoms with Gasteiger partial charge in [-0.15, -0.1) is 13.2 Å². The van der Waals surface area contributed by atoms with Gasteiger partial charge in [0.25, 0.3) is 0 Å². The fourth-order valence-corrected chi connectivity index (χ4v) is 2.64. The molecule has 0 saturated heterocycles. The number of aliphatic hydroxyl groups excluding tert-OH is 1. The molecule has 2 rings (SSSR count). The molecular formula is C15H20F3NO2. The zero-order valence-corrected chi connectivity index (χ0v) is 11.7. The number of aliphatic hydroxyl groups is 1. The molecule has 0 amide bonds. The third-order valence-electron chi connectivity index (χ3n) is 3.73. The smallest absolute Gasteiger partial charge is 0.405 e. The molecule has 2 N–H and O–H groups in total. The van der Waals surface area contributed by atoms with E-state index in [2.05, 4.69) is 10.1 Å². The fraction of sp³-hybridized carbons (Fsp3) is 0.600. The zero-order chi connectivity index (χ0) is 15.3. The van der Waals surface area contributed by atoms with Crippen molar-refractivity contribution in [2.24, 2.45) is 0 Å². The molecule has 3 nitrogen and oxygen atoms in total. The Labute approximate surface area is 122 Å². The molecule has 1 aliphatic rings. The van der Waals surface area contributed by atoms with Gasteiger partial charge in [-0.2, -0.15) is 0 Å². The van der Waals surface area contributed by atoms with Crippen LogP contribution >= 0.6 is 0 Å². The first-order valence-electron chi connectivity index (χ1n) is 7.21. The molecule has 1 aromatic carbocycles. The average molecular weight is 303 g/mol. The Balaban J connectivity index is 1.99. The van der Waals surface area contributed by atoms with Crippen LogP contribution in [0.5, 0.6) is 5.75 Å². The molecular weight excluding hydrogens is 283 g/mol. The van der Waals surface area contributed by atoms with Crippen LogP contribution in [0.2, 0.25) is 0 Å². The Morgan fingerprint density at radius 3 is 2.62 bits per heavy atom. The third kappa shape index (κ3) is 5.21. The minimum atomic E-state index is -4.70. The Morgan fingerprint density at radius 1 is 1.14 bits per heavy atom. The van der Waals surface area contributed by atoms with Crippen molar-refractivity contribution in [3.05, 3.63) is 29.8 Å². The first-order valence-corrected chi connectivity index (χ1v) is 7.21. The molecule has 118 valence electrons. The van der Waals surface area contributed by atoms with E-state index in [1.54, 1.807) is 12.1 Å². The molecule has 0 heterocycles. The lowest BCUT2D eigenvalue weighted by molar-refractivity contribution is -0.274. The van der Waals surface area contributed by atoms with Crippen molar-refractivity contribution in [1.29, 1.82) is 0 Å². The van der Waals surface area contributed by atoms with E-state index < -0.39 is 12.5 Å². The highest BCUT2D eigenvalue weighted by Crippen LogP contribution is 2.26. The average Bonchev–Trinajstić information content (AvgIpc) is 2.61. The van der Waals surface area contributed by atoms with Gasteiger partial charge >= 0.3 is 6.36 Å². The second-order valence-electron chi connectivity index (χ2n) is 5.35. The quantitative estimate of drug-likeness (QED) is 0.838. The number of nitrogens with one attached hydrogen (secondary N) is 1. The van der Waals surface area contributed by atoms with Gasteiger partial charge in [0.15, 0.2) is 0 Å². The Morgan fingerprint density at radius 2 is 1.86 bits per heavy atom. The van der Waals surface area contributed by atoms with Crippen molar-refractivity contribution in [3.63, 3.8) is 0 Å². The maximum atomic E-state index is 12.3. The van der Waals surface area contributed by atoms with Crippen molar-refractivity contribution >= 4 is 0 Å². The summed E-state index contributed by atoms with van der Waals surface area (Å²) in [5.41, 5.74) is 0.436. The van der Waals surface area contributed by atoms with E-state index in [0.29, 0.717) is 5.56 Å². The summed E-state index contributed by atoms with van der Waals surface area (Å²) in [7, 11) is 0. The first-order chi connectivity index (χ1) is 9.96. The minimum Gasteiger partial charge on any atom is -0.405 e. The summed E-state index contributed by atoms with van der Waals surface area (Å²) >= 11 is 0. The van der Waals surface area contributed by atoms with E-state index in [1.165, 1.54) is 12.1 Å². The normalized spacial score (nSPS) is 23.6. The molecule has 0 bridgehead atoms. The second-order valence-corrected chi connectivity index (χ2v) is 5.35. The van der Waals surface area contributed by atoms with Crippen molar-refractivity contribution in [3.8, 4) is 5.75 Å². The predicted octanol–water partition coefficient (Wildman–Crippen LogP) is 3.37. The Bertz CT molecular complexity index is 451.